The van der Waals surface area contributed by atoms with E-state index in [4.69, 9.17) is 14.2 Å². The van der Waals surface area contributed by atoms with Crippen molar-refractivity contribution in [3.05, 3.63) is 23.3 Å². The third kappa shape index (κ3) is 6.03. The zero-order chi connectivity index (χ0) is 22.8. The molecule has 0 spiro atoms. The molecule has 172 valence electrons. The van der Waals surface area contributed by atoms with E-state index in [1.807, 2.05) is 44.7 Å². The van der Waals surface area contributed by atoms with Crippen molar-refractivity contribution in [1.82, 2.24) is 15.3 Å². The zero-order valence-corrected chi connectivity index (χ0v) is 19.5. The number of carbonyl (C=O) groups is 2. The van der Waals surface area contributed by atoms with Gasteiger partial charge in [-0.1, -0.05) is 0 Å². The summed E-state index contributed by atoms with van der Waals surface area (Å²) in [6, 6.07) is 4.00. The Balaban J connectivity index is 1.68. The van der Waals surface area contributed by atoms with E-state index in [1.165, 1.54) is 0 Å². The van der Waals surface area contributed by atoms with E-state index in [0.29, 0.717) is 30.5 Å². The normalized spacial score (nSPS) is 17.1. The maximum atomic E-state index is 13.1. The lowest BCUT2D eigenvalue weighted by molar-refractivity contribution is -0.134. The monoisotopic (exact) mass is 433 g/mol. The predicted molar refractivity (Wildman–Crippen MR) is 117 cm³/mol. The van der Waals surface area contributed by atoms with Crippen molar-refractivity contribution in [1.29, 1.82) is 0 Å². The van der Waals surface area contributed by atoms with Crippen LogP contribution in [0.3, 0.4) is 0 Å². The fourth-order valence-corrected chi connectivity index (χ4v) is 3.88. The maximum absolute atomic E-state index is 13.1. The van der Waals surface area contributed by atoms with E-state index in [0.717, 1.165) is 30.4 Å². The molecule has 8 nitrogen and oxygen atoms in total. The number of amides is 2. The average Bonchev–Trinajstić information content (AvgIpc) is 3.55. The Morgan fingerprint density at radius 2 is 1.77 bits per heavy atom. The van der Waals surface area contributed by atoms with Gasteiger partial charge in [0.05, 0.1) is 20.8 Å². The van der Waals surface area contributed by atoms with Gasteiger partial charge in [0.1, 0.15) is 5.60 Å². The van der Waals surface area contributed by atoms with E-state index >= 15 is 0 Å². The van der Waals surface area contributed by atoms with Crippen LogP contribution in [0.2, 0.25) is 0 Å². The fourth-order valence-electron chi connectivity index (χ4n) is 3.88. The predicted octanol–water partition coefficient (Wildman–Crippen LogP) is 3.13. The number of fused-ring (bicyclic) bond motifs is 1. The summed E-state index contributed by atoms with van der Waals surface area (Å²) in [5.74, 6) is 1.82. The number of hydrazine groups is 1. The van der Waals surface area contributed by atoms with Crippen LogP contribution in [0.4, 0.5) is 4.79 Å². The third-order valence-electron chi connectivity index (χ3n) is 5.81. The van der Waals surface area contributed by atoms with Crippen LogP contribution in [-0.4, -0.2) is 60.9 Å². The van der Waals surface area contributed by atoms with Gasteiger partial charge in [0, 0.05) is 19.1 Å². The topological polar surface area (TPSA) is 80.3 Å². The Labute approximate surface area is 184 Å². The van der Waals surface area contributed by atoms with Gasteiger partial charge in [0.2, 0.25) is 5.91 Å². The van der Waals surface area contributed by atoms with Gasteiger partial charge < -0.3 is 19.1 Å². The molecule has 2 amide bonds. The van der Waals surface area contributed by atoms with Crippen LogP contribution in [0.1, 0.15) is 51.7 Å². The summed E-state index contributed by atoms with van der Waals surface area (Å²) in [7, 11) is 3.23. The first-order chi connectivity index (χ1) is 14.6. The van der Waals surface area contributed by atoms with Crippen LogP contribution in [0.15, 0.2) is 12.1 Å². The molecule has 1 heterocycles. The largest absolute Gasteiger partial charge is 0.493 e. The molecule has 1 atom stereocenters. The van der Waals surface area contributed by atoms with Gasteiger partial charge in [-0.05, 0) is 76.1 Å². The van der Waals surface area contributed by atoms with Gasteiger partial charge in [-0.3, -0.25) is 10.2 Å². The number of carbonyl (C=O) groups excluding carboxylic acids is 2. The summed E-state index contributed by atoms with van der Waals surface area (Å²) in [5.41, 5.74) is 4.43. The molecule has 0 saturated heterocycles. The van der Waals surface area contributed by atoms with E-state index < -0.39 is 11.7 Å². The molecule has 0 unspecified atom stereocenters. The minimum atomic E-state index is -0.598. The Bertz CT molecular complexity index is 816. The summed E-state index contributed by atoms with van der Waals surface area (Å²) in [6.07, 6.45) is 2.44. The first kappa shape index (κ1) is 23.2. The smallest absolute Gasteiger partial charge is 0.422 e. The number of methoxy groups -OCH3 is 2. The molecular formula is C23H35N3O5. The minimum absolute atomic E-state index is 0.0241. The molecule has 31 heavy (non-hydrogen) atoms. The standard InChI is InChI=1S/C23H35N3O5/c1-15(16-7-8-16)26(24-22(28)31-23(2,3)4)14-21(27)25-10-9-17-11-19(29-5)20(30-6)12-18(17)13-25/h11-12,15-16H,7-10,13-14H2,1-6H3,(H,24,28)/t15-/m0/s1. The quantitative estimate of drug-likeness (QED) is 0.666. The van der Waals surface area contributed by atoms with Gasteiger partial charge in [0.25, 0.3) is 0 Å². The maximum Gasteiger partial charge on any atom is 0.422 e. The fraction of sp³-hybridized carbons (Fsp3) is 0.652. The molecule has 0 aromatic heterocycles. The van der Waals surface area contributed by atoms with Crippen LogP contribution in [-0.2, 0) is 22.5 Å². The molecule has 0 bridgehead atoms. The molecule has 2 aliphatic rings. The number of nitrogens with one attached hydrogen (secondary N) is 1. The molecule has 3 rings (SSSR count). The highest BCUT2D eigenvalue weighted by atomic mass is 16.6. The number of nitrogens with zero attached hydrogens (tertiary/aromatic N) is 2. The molecule has 1 fully saturated rings. The first-order valence-electron chi connectivity index (χ1n) is 10.9. The van der Waals surface area contributed by atoms with Crippen molar-refractivity contribution in [2.45, 2.75) is 65.1 Å². The molecule has 1 N–H and O–H groups in total. The molecule has 1 aromatic carbocycles. The minimum Gasteiger partial charge on any atom is -0.493 e. The molecule has 1 aromatic rings. The second-order valence-corrected chi connectivity index (χ2v) is 9.36. The number of hydrogen-bond donors (Lipinski definition) is 1. The van der Waals surface area contributed by atoms with E-state index in [9.17, 15) is 9.59 Å². The van der Waals surface area contributed by atoms with E-state index in [1.54, 1.807) is 19.2 Å². The number of ether oxygens (including phenoxy) is 3. The van der Waals surface area contributed by atoms with Crippen LogP contribution in [0.25, 0.3) is 0 Å². The van der Waals surface area contributed by atoms with Crippen molar-refractivity contribution in [3.63, 3.8) is 0 Å². The highest BCUT2D eigenvalue weighted by molar-refractivity contribution is 5.79. The van der Waals surface area contributed by atoms with Crippen molar-refractivity contribution >= 4 is 12.0 Å². The first-order valence-corrected chi connectivity index (χ1v) is 10.9. The third-order valence-corrected chi connectivity index (χ3v) is 5.81. The summed E-state index contributed by atoms with van der Waals surface area (Å²) in [4.78, 5) is 27.3. The summed E-state index contributed by atoms with van der Waals surface area (Å²) >= 11 is 0. The van der Waals surface area contributed by atoms with Crippen molar-refractivity contribution in [2.24, 2.45) is 5.92 Å². The summed E-state index contributed by atoms with van der Waals surface area (Å²) in [5, 5.41) is 1.73. The van der Waals surface area contributed by atoms with Gasteiger partial charge in [-0.2, -0.15) is 0 Å². The summed E-state index contributed by atoms with van der Waals surface area (Å²) in [6.45, 7) is 8.75. The van der Waals surface area contributed by atoms with Crippen LogP contribution >= 0.6 is 0 Å². The second-order valence-electron chi connectivity index (χ2n) is 9.36. The highest BCUT2D eigenvalue weighted by Gasteiger charge is 2.35. The Kier molecular flexibility index (Phi) is 6.99. The average molecular weight is 434 g/mol. The number of rotatable bonds is 7. The van der Waals surface area contributed by atoms with Gasteiger partial charge >= 0.3 is 6.09 Å². The van der Waals surface area contributed by atoms with Gasteiger partial charge in [-0.15, -0.1) is 0 Å². The lowest BCUT2D eigenvalue weighted by atomic mass is 9.98. The van der Waals surface area contributed by atoms with Crippen molar-refractivity contribution in [3.8, 4) is 11.5 Å². The lowest BCUT2D eigenvalue weighted by Crippen LogP contribution is -2.54. The Hall–Kier alpha value is -2.48. The Morgan fingerprint density at radius 3 is 2.32 bits per heavy atom. The van der Waals surface area contributed by atoms with Gasteiger partial charge in [0.15, 0.2) is 11.5 Å². The molecule has 8 heteroatoms. The molecule has 1 aliphatic carbocycles. The van der Waals surface area contributed by atoms with Gasteiger partial charge in [-0.25, -0.2) is 9.80 Å². The zero-order valence-electron chi connectivity index (χ0n) is 19.5. The number of benzene rings is 1. The van der Waals surface area contributed by atoms with Crippen LogP contribution in [0.5, 0.6) is 11.5 Å². The van der Waals surface area contributed by atoms with E-state index in [-0.39, 0.29) is 18.5 Å². The molecular weight excluding hydrogens is 398 g/mol. The SMILES string of the molecule is COc1cc2c(cc1OC)CN(C(=O)CN(NC(=O)OC(C)(C)C)[C@@H](C)C1CC1)CC2. The molecule has 0 radical (unpaired) electrons. The van der Waals surface area contributed by atoms with Crippen molar-refractivity contribution < 1.29 is 23.8 Å². The lowest BCUT2D eigenvalue weighted by Gasteiger charge is -2.34. The summed E-state index contributed by atoms with van der Waals surface area (Å²) < 4.78 is 16.2. The van der Waals surface area contributed by atoms with Crippen LogP contribution in [0, 0.1) is 5.92 Å². The van der Waals surface area contributed by atoms with Crippen LogP contribution < -0.4 is 14.9 Å². The highest BCUT2D eigenvalue weighted by Crippen LogP contribution is 2.35. The molecule has 1 saturated carbocycles. The molecule has 1 aliphatic heterocycles. The van der Waals surface area contributed by atoms with Crippen molar-refractivity contribution in [2.75, 3.05) is 27.3 Å². The van der Waals surface area contributed by atoms with E-state index in [2.05, 4.69) is 5.43 Å². The number of hydrogen-bond acceptors (Lipinski definition) is 6. The second kappa shape index (κ2) is 9.34. The Morgan fingerprint density at radius 1 is 1.16 bits per heavy atom.